The van der Waals surface area contributed by atoms with Gasteiger partial charge in [-0.2, -0.15) is 0 Å². The second-order valence-electron chi connectivity index (χ2n) is 6.62. The maximum Gasteiger partial charge on any atom is 0.197 e. The van der Waals surface area contributed by atoms with Crippen molar-refractivity contribution in [2.75, 3.05) is 26.2 Å². The fourth-order valence-electron chi connectivity index (χ4n) is 3.42. The summed E-state index contributed by atoms with van der Waals surface area (Å²) in [6.07, 6.45) is 1.63. The summed E-state index contributed by atoms with van der Waals surface area (Å²) in [5.41, 5.74) is 2.85. The maximum atomic E-state index is 12.6. The second-order valence-corrected chi connectivity index (χ2v) is 6.62. The summed E-state index contributed by atoms with van der Waals surface area (Å²) in [6, 6.07) is 18.0. The minimum Gasteiger partial charge on any atom is -0.464 e. The first kappa shape index (κ1) is 16.1. The highest BCUT2D eigenvalue weighted by Crippen LogP contribution is 2.13. The lowest BCUT2D eigenvalue weighted by molar-refractivity contribution is 0.121. The monoisotopic (exact) mass is 334 g/mol. The standard InChI is InChI=1S/C21H22N2O2/c24-21-18(16-25-20-9-5-4-8-19(20)21)15-23-12-10-22(11-13-23)14-17-6-2-1-3-7-17/h1-9,16H,10-15H2. The van der Waals surface area contributed by atoms with Crippen molar-refractivity contribution in [3.63, 3.8) is 0 Å². The van der Waals surface area contributed by atoms with Gasteiger partial charge in [-0.1, -0.05) is 42.5 Å². The second kappa shape index (κ2) is 7.21. The summed E-state index contributed by atoms with van der Waals surface area (Å²) in [5, 5.41) is 0.669. The predicted octanol–water partition coefficient (Wildman–Crippen LogP) is 3.11. The third-order valence-electron chi connectivity index (χ3n) is 4.86. The Hall–Kier alpha value is -2.43. The number of hydrogen-bond acceptors (Lipinski definition) is 4. The van der Waals surface area contributed by atoms with Crippen molar-refractivity contribution in [2.45, 2.75) is 13.1 Å². The minimum atomic E-state index is 0.0913. The zero-order valence-electron chi connectivity index (χ0n) is 14.2. The van der Waals surface area contributed by atoms with Crippen LogP contribution in [0.3, 0.4) is 0 Å². The molecule has 0 atom stereocenters. The molecule has 3 aromatic rings. The fraction of sp³-hybridized carbons (Fsp3) is 0.286. The molecule has 0 unspecified atom stereocenters. The van der Waals surface area contributed by atoms with Gasteiger partial charge in [0.15, 0.2) is 5.43 Å². The molecule has 4 rings (SSSR count). The summed E-state index contributed by atoms with van der Waals surface area (Å²) in [7, 11) is 0. The van der Waals surface area contributed by atoms with Gasteiger partial charge in [0.25, 0.3) is 0 Å². The lowest BCUT2D eigenvalue weighted by Crippen LogP contribution is -2.45. The van der Waals surface area contributed by atoms with Gasteiger partial charge in [-0.15, -0.1) is 0 Å². The molecule has 1 saturated heterocycles. The molecule has 4 heteroatoms. The van der Waals surface area contributed by atoms with Gasteiger partial charge in [0.2, 0.25) is 0 Å². The number of rotatable bonds is 4. The van der Waals surface area contributed by atoms with E-state index >= 15 is 0 Å². The molecule has 1 fully saturated rings. The van der Waals surface area contributed by atoms with Gasteiger partial charge < -0.3 is 4.42 Å². The summed E-state index contributed by atoms with van der Waals surface area (Å²) in [6.45, 7) is 5.64. The molecule has 0 aliphatic carbocycles. The van der Waals surface area contributed by atoms with Crippen LogP contribution in [0.2, 0.25) is 0 Å². The van der Waals surface area contributed by atoms with E-state index in [9.17, 15) is 4.79 Å². The van der Waals surface area contributed by atoms with Crippen LogP contribution in [-0.4, -0.2) is 36.0 Å². The quantitative estimate of drug-likeness (QED) is 0.735. The zero-order chi connectivity index (χ0) is 17.1. The van der Waals surface area contributed by atoms with Crippen molar-refractivity contribution in [2.24, 2.45) is 0 Å². The van der Waals surface area contributed by atoms with Crippen molar-refractivity contribution in [3.05, 3.63) is 82.2 Å². The molecule has 0 spiro atoms. The van der Waals surface area contributed by atoms with Crippen molar-refractivity contribution >= 4 is 11.0 Å². The van der Waals surface area contributed by atoms with Crippen molar-refractivity contribution in [1.82, 2.24) is 9.80 Å². The van der Waals surface area contributed by atoms with Gasteiger partial charge in [0, 0.05) is 44.8 Å². The molecule has 1 aliphatic rings. The smallest absolute Gasteiger partial charge is 0.197 e. The van der Waals surface area contributed by atoms with Crippen molar-refractivity contribution in [1.29, 1.82) is 0 Å². The molecular weight excluding hydrogens is 312 g/mol. The van der Waals surface area contributed by atoms with E-state index in [-0.39, 0.29) is 5.43 Å². The van der Waals surface area contributed by atoms with E-state index in [1.54, 1.807) is 6.26 Å². The molecule has 0 bridgehead atoms. The van der Waals surface area contributed by atoms with Crippen LogP contribution < -0.4 is 5.43 Å². The van der Waals surface area contributed by atoms with E-state index in [2.05, 4.69) is 40.1 Å². The average molecular weight is 334 g/mol. The molecule has 0 radical (unpaired) electrons. The van der Waals surface area contributed by atoms with Crippen LogP contribution in [0.1, 0.15) is 11.1 Å². The lowest BCUT2D eigenvalue weighted by atomic mass is 10.1. The first-order chi connectivity index (χ1) is 12.3. The van der Waals surface area contributed by atoms with Crippen LogP contribution in [0, 0.1) is 0 Å². The fourth-order valence-corrected chi connectivity index (χ4v) is 3.42. The Labute approximate surface area is 147 Å². The Bertz CT molecular complexity index is 896. The summed E-state index contributed by atoms with van der Waals surface area (Å²) in [5.74, 6) is 0. The third-order valence-corrected chi connectivity index (χ3v) is 4.86. The molecule has 25 heavy (non-hydrogen) atoms. The Morgan fingerprint density at radius 1 is 0.800 bits per heavy atom. The molecule has 128 valence electrons. The zero-order valence-corrected chi connectivity index (χ0v) is 14.2. The van der Waals surface area contributed by atoms with Gasteiger partial charge in [0.1, 0.15) is 5.58 Å². The van der Waals surface area contributed by atoms with Gasteiger partial charge in [0.05, 0.1) is 11.6 Å². The molecule has 2 aromatic carbocycles. The van der Waals surface area contributed by atoms with Crippen LogP contribution in [0.15, 0.2) is 70.1 Å². The Morgan fingerprint density at radius 2 is 1.44 bits per heavy atom. The van der Waals surface area contributed by atoms with E-state index < -0.39 is 0 Å². The SMILES string of the molecule is O=c1c(CN2CCN(Cc3ccccc3)CC2)coc2ccccc12. The van der Waals surface area contributed by atoms with Gasteiger partial charge in [-0.25, -0.2) is 0 Å². The number of nitrogens with zero attached hydrogens (tertiary/aromatic N) is 2. The number of hydrogen-bond donors (Lipinski definition) is 0. The molecular formula is C21H22N2O2. The molecule has 1 aliphatic heterocycles. The predicted molar refractivity (Wildman–Crippen MR) is 99.5 cm³/mol. The van der Waals surface area contributed by atoms with Crippen LogP contribution in [0.5, 0.6) is 0 Å². The molecule has 2 heterocycles. The highest BCUT2D eigenvalue weighted by Gasteiger charge is 2.18. The molecule has 4 nitrogen and oxygen atoms in total. The highest BCUT2D eigenvalue weighted by atomic mass is 16.3. The lowest BCUT2D eigenvalue weighted by Gasteiger charge is -2.34. The third kappa shape index (κ3) is 3.65. The van der Waals surface area contributed by atoms with Crippen LogP contribution in [0.4, 0.5) is 0 Å². The first-order valence-corrected chi connectivity index (χ1v) is 8.78. The largest absolute Gasteiger partial charge is 0.464 e. The van der Waals surface area contributed by atoms with E-state index in [1.165, 1.54) is 5.56 Å². The highest BCUT2D eigenvalue weighted by molar-refractivity contribution is 5.76. The van der Waals surface area contributed by atoms with Crippen LogP contribution >= 0.6 is 0 Å². The molecule has 0 N–H and O–H groups in total. The van der Waals surface area contributed by atoms with E-state index in [1.807, 2.05) is 24.3 Å². The first-order valence-electron chi connectivity index (χ1n) is 8.78. The molecule has 1 aromatic heterocycles. The van der Waals surface area contributed by atoms with Crippen molar-refractivity contribution in [3.8, 4) is 0 Å². The van der Waals surface area contributed by atoms with Crippen LogP contribution in [0.25, 0.3) is 11.0 Å². The number of benzene rings is 2. The summed E-state index contributed by atoms with van der Waals surface area (Å²) >= 11 is 0. The van der Waals surface area contributed by atoms with E-state index in [0.29, 0.717) is 17.5 Å². The van der Waals surface area contributed by atoms with Gasteiger partial charge in [-0.3, -0.25) is 14.6 Å². The minimum absolute atomic E-state index is 0.0913. The van der Waals surface area contributed by atoms with Crippen LogP contribution in [-0.2, 0) is 13.1 Å². The van der Waals surface area contributed by atoms with Crippen molar-refractivity contribution < 1.29 is 4.42 Å². The Kier molecular flexibility index (Phi) is 4.63. The normalized spacial score (nSPS) is 16.3. The summed E-state index contributed by atoms with van der Waals surface area (Å²) < 4.78 is 5.63. The number of fused-ring (bicyclic) bond motifs is 1. The van der Waals surface area contributed by atoms with Gasteiger partial charge in [-0.05, 0) is 17.7 Å². The number of piperazine rings is 1. The maximum absolute atomic E-state index is 12.6. The summed E-state index contributed by atoms with van der Waals surface area (Å²) in [4.78, 5) is 17.4. The average Bonchev–Trinajstić information content (AvgIpc) is 2.67. The Balaban J connectivity index is 1.39. The molecule has 0 amide bonds. The van der Waals surface area contributed by atoms with E-state index in [4.69, 9.17) is 4.42 Å². The molecule has 0 saturated carbocycles. The van der Waals surface area contributed by atoms with Gasteiger partial charge >= 0.3 is 0 Å². The van der Waals surface area contributed by atoms with E-state index in [0.717, 1.165) is 38.3 Å². The topological polar surface area (TPSA) is 36.7 Å². The Morgan fingerprint density at radius 3 is 2.20 bits per heavy atom. The number of para-hydroxylation sites is 1.